The van der Waals surface area contributed by atoms with Crippen LogP contribution in [0.25, 0.3) is 0 Å². The number of aliphatic hydroxyl groups is 1. The molecule has 0 aliphatic heterocycles. The molecule has 1 aromatic rings. The monoisotopic (exact) mass is 247 g/mol. The molecule has 2 rings (SSSR count). The number of rotatable bonds is 2. The summed E-state index contributed by atoms with van der Waals surface area (Å²) in [6.45, 7) is 3.93. The third kappa shape index (κ3) is 2.91. The van der Waals surface area contributed by atoms with Crippen molar-refractivity contribution in [3.05, 3.63) is 34.9 Å². The normalized spacial score (nSPS) is 23.7. The van der Waals surface area contributed by atoms with Gasteiger partial charge in [-0.2, -0.15) is 0 Å². The van der Waals surface area contributed by atoms with Crippen molar-refractivity contribution >= 4 is 5.91 Å². The molecule has 1 fully saturated rings. The summed E-state index contributed by atoms with van der Waals surface area (Å²) in [6.07, 6.45) is 3.14. The van der Waals surface area contributed by atoms with Crippen molar-refractivity contribution in [1.82, 2.24) is 5.32 Å². The van der Waals surface area contributed by atoms with Crippen LogP contribution in [0.5, 0.6) is 0 Å². The predicted octanol–water partition coefficient (Wildman–Crippen LogP) is 2.34. The second-order valence-corrected chi connectivity index (χ2v) is 5.25. The van der Waals surface area contributed by atoms with Crippen LogP contribution in [-0.4, -0.2) is 23.2 Å². The Kier molecular flexibility index (Phi) is 4.02. The summed E-state index contributed by atoms with van der Waals surface area (Å²) in [4.78, 5) is 12.3. The smallest absolute Gasteiger partial charge is 0.252 e. The number of benzene rings is 1. The molecule has 0 saturated heterocycles. The van der Waals surface area contributed by atoms with Crippen molar-refractivity contribution in [1.29, 1.82) is 0 Å². The van der Waals surface area contributed by atoms with Gasteiger partial charge in [0.2, 0.25) is 0 Å². The molecular weight excluding hydrogens is 226 g/mol. The van der Waals surface area contributed by atoms with Crippen LogP contribution in [-0.2, 0) is 0 Å². The lowest BCUT2D eigenvalue weighted by atomic mass is 9.92. The number of hydrogen-bond acceptors (Lipinski definition) is 2. The topological polar surface area (TPSA) is 49.3 Å². The number of nitrogens with one attached hydrogen (secondary N) is 1. The molecule has 1 aliphatic rings. The molecule has 0 unspecified atom stereocenters. The Hall–Kier alpha value is -1.35. The first-order valence-corrected chi connectivity index (χ1v) is 6.63. The maximum absolute atomic E-state index is 12.3. The molecule has 98 valence electrons. The quantitative estimate of drug-likeness (QED) is 0.842. The lowest BCUT2D eigenvalue weighted by molar-refractivity contribution is 0.0866. The van der Waals surface area contributed by atoms with E-state index in [1.54, 1.807) is 0 Å². The van der Waals surface area contributed by atoms with E-state index in [1.807, 2.05) is 32.0 Å². The van der Waals surface area contributed by atoms with Crippen LogP contribution in [0.1, 0.15) is 47.2 Å². The third-order valence-corrected chi connectivity index (χ3v) is 3.74. The van der Waals surface area contributed by atoms with E-state index < -0.39 is 0 Å². The van der Waals surface area contributed by atoms with E-state index in [9.17, 15) is 9.90 Å². The SMILES string of the molecule is Cc1cccc(C)c1C(=O)NC1CCC(O)CC1. The number of aliphatic hydroxyl groups excluding tert-OH is 1. The fraction of sp³-hybridized carbons (Fsp3) is 0.533. The molecule has 1 amide bonds. The molecule has 0 heterocycles. The van der Waals surface area contributed by atoms with Gasteiger partial charge >= 0.3 is 0 Å². The van der Waals surface area contributed by atoms with E-state index in [0.29, 0.717) is 0 Å². The highest BCUT2D eigenvalue weighted by Crippen LogP contribution is 2.20. The standard InChI is InChI=1S/C15H21NO2/c1-10-4-3-5-11(2)14(10)15(18)16-12-6-8-13(17)9-7-12/h3-5,12-13,17H,6-9H2,1-2H3,(H,16,18). The minimum atomic E-state index is -0.182. The van der Waals surface area contributed by atoms with E-state index in [2.05, 4.69) is 5.32 Å². The molecule has 0 spiro atoms. The van der Waals surface area contributed by atoms with Crippen LogP contribution < -0.4 is 5.32 Å². The fourth-order valence-electron chi connectivity index (χ4n) is 2.65. The van der Waals surface area contributed by atoms with Crippen LogP contribution in [0.15, 0.2) is 18.2 Å². The summed E-state index contributed by atoms with van der Waals surface area (Å²) in [6, 6.07) is 6.11. The minimum absolute atomic E-state index is 0.0204. The highest BCUT2D eigenvalue weighted by Gasteiger charge is 2.22. The fourth-order valence-corrected chi connectivity index (χ4v) is 2.65. The van der Waals surface area contributed by atoms with Crippen LogP contribution in [0.3, 0.4) is 0 Å². The van der Waals surface area contributed by atoms with Crippen LogP contribution in [0.2, 0.25) is 0 Å². The van der Waals surface area contributed by atoms with Crippen molar-refractivity contribution in [3.63, 3.8) is 0 Å². The van der Waals surface area contributed by atoms with Crippen LogP contribution >= 0.6 is 0 Å². The van der Waals surface area contributed by atoms with Crippen molar-refractivity contribution in [2.45, 2.75) is 51.7 Å². The molecule has 0 aromatic heterocycles. The Bertz CT molecular complexity index is 414. The Morgan fingerprint density at radius 3 is 2.28 bits per heavy atom. The number of carbonyl (C=O) groups excluding carboxylic acids is 1. The van der Waals surface area contributed by atoms with Gasteiger partial charge in [0.25, 0.3) is 5.91 Å². The van der Waals surface area contributed by atoms with Gasteiger partial charge in [-0.3, -0.25) is 4.79 Å². The van der Waals surface area contributed by atoms with Crippen molar-refractivity contribution in [2.75, 3.05) is 0 Å². The summed E-state index contributed by atoms with van der Waals surface area (Å²) in [5.41, 5.74) is 2.83. The maximum Gasteiger partial charge on any atom is 0.252 e. The van der Waals surface area contributed by atoms with E-state index in [-0.39, 0.29) is 18.1 Å². The van der Waals surface area contributed by atoms with E-state index in [1.165, 1.54) is 0 Å². The summed E-state index contributed by atoms with van der Waals surface area (Å²) in [7, 11) is 0. The lowest BCUT2D eigenvalue weighted by Crippen LogP contribution is -2.39. The zero-order chi connectivity index (χ0) is 13.1. The zero-order valence-electron chi connectivity index (χ0n) is 11.1. The molecule has 0 atom stereocenters. The number of hydrogen-bond donors (Lipinski definition) is 2. The molecule has 0 radical (unpaired) electrons. The first-order valence-electron chi connectivity index (χ1n) is 6.63. The van der Waals surface area contributed by atoms with Gasteiger partial charge < -0.3 is 10.4 Å². The van der Waals surface area contributed by atoms with Crippen molar-refractivity contribution < 1.29 is 9.90 Å². The summed E-state index contributed by atoms with van der Waals surface area (Å²) in [5.74, 6) is 0.0204. The molecule has 1 saturated carbocycles. The van der Waals surface area contributed by atoms with Gasteiger partial charge in [0.15, 0.2) is 0 Å². The second kappa shape index (κ2) is 5.53. The molecule has 1 aromatic carbocycles. The number of carbonyl (C=O) groups is 1. The Morgan fingerprint density at radius 1 is 1.17 bits per heavy atom. The van der Waals surface area contributed by atoms with Gasteiger partial charge in [-0.15, -0.1) is 0 Å². The molecule has 18 heavy (non-hydrogen) atoms. The number of amides is 1. The highest BCUT2D eigenvalue weighted by molar-refractivity contribution is 5.97. The Labute approximate surface area is 108 Å². The van der Waals surface area contributed by atoms with Gasteiger partial charge in [0.05, 0.1) is 6.10 Å². The van der Waals surface area contributed by atoms with Gasteiger partial charge in [0.1, 0.15) is 0 Å². The zero-order valence-corrected chi connectivity index (χ0v) is 11.1. The summed E-state index contributed by atoms with van der Waals surface area (Å²) in [5, 5.41) is 12.5. The van der Waals surface area contributed by atoms with Crippen LogP contribution in [0.4, 0.5) is 0 Å². The van der Waals surface area contributed by atoms with Gasteiger partial charge in [-0.25, -0.2) is 0 Å². The van der Waals surface area contributed by atoms with Gasteiger partial charge in [0, 0.05) is 11.6 Å². The van der Waals surface area contributed by atoms with Crippen LogP contribution in [0, 0.1) is 13.8 Å². The van der Waals surface area contributed by atoms with Crippen molar-refractivity contribution in [2.24, 2.45) is 0 Å². The maximum atomic E-state index is 12.3. The average molecular weight is 247 g/mol. The third-order valence-electron chi connectivity index (χ3n) is 3.74. The minimum Gasteiger partial charge on any atom is -0.393 e. The van der Waals surface area contributed by atoms with Crippen molar-refractivity contribution in [3.8, 4) is 0 Å². The lowest BCUT2D eigenvalue weighted by Gasteiger charge is -2.26. The van der Waals surface area contributed by atoms with E-state index >= 15 is 0 Å². The molecule has 0 bridgehead atoms. The molecule has 3 nitrogen and oxygen atoms in total. The largest absolute Gasteiger partial charge is 0.393 e. The molecule has 1 aliphatic carbocycles. The Balaban J connectivity index is 2.04. The van der Waals surface area contributed by atoms with Gasteiger partial charge in [-0.1, -0.05) is 18.2 Å². The second-order valence-electron chi connectivity index (χ2n) is 5.25. The molecular formula is C15H21NO2. The Morgan fingerprint density at radius 2 is 1.72 bits per heavy atom. The van der Waals surface area contributed by atoms with E-state index in [4.69, 9.17) is 0 Å². The van der Waals surface area contributed by atoms with E-state index in [0.717, 1.165) is 42.4 Å². The predicted molar refractivity (Wildman–Crippen MR) is 71.6 cm³/mol. The average Bonchev–Trinajstić information content (AvgIpc) is 2.32. The molecule has 3 heteroatoms. The highest BCUT2D eigenvalue weighted by atomic mass is 16.3. The number of aryl methyl sites for hydroxylation is 2. The molecule has 2 N–H and O–H groups in total. The summed E-state index contributed by atoms with van der Waals surface area (Å²) < 4.78 is 0. The first-order chi connectivity index (χ1) is 8.58. The first kappa shape index (κ1) is 13.1. The van der Waals surface area contributed by atoms with Gasteiger partial charge in [-0.05, 0) is 50.7 Å². The summed E-state index contributed by atoms with van der Waals surface area (Å²) >= 11 is 0.